The molecule has 0 saturated carbocycles. The van der Waals surface area contributed by atoms with Crippen LogP contribution in [0, 0.1) is 6.92 Å². The quantitative estimate of drug-likeness (QED) is 0.657. The summed E-state index contributed by atoms with van der Waals surface area (Å²) < 4.78 is 2.22. The van der Waals surface area contributed by atoms with E-state index in [2.05, 4.69) is 65.1 Å². The highest BCUT2D eigenvalue weighted by Gasteiger charge is 2.24. The second-order valence-electron chi connectivity index (χ2n) is 5.81. The SMILES string of the molecule is Cc1ccc2c(c1)C(n1ccnc1)c1ccccc1CC2. The second kappa shape index (κ2) is 4.88. The van der Waals surface area contributed by atoms with Crippen LogP contribution >= 0.6 is 0 Å². The maximum atomic E-state index is 4.26. The Labute approximate surface area is 125 Å². The van der Waals surface area contributed by atoms with Crippen molar-refractivity contribution in [1.29, 1.82) is 0 Å². The van der Waals surface area contributed by atoms with Crippen molar-refractivity contribution in [3.05, 3.63) is 89.0 Å². The molecule has 1 aliphatic carbocycles. The van der Waals surface area contributed by atoms with E-state index in [1.54, 1.807) is 0 Å². The summed E-state index contributed by atoms with van der Waals surface area (Å²) >= 11 is 0. The van der Waals surface area contributed by atoms with E-state index in [9.17, 15) is 0 Å². The molecular weight excluding hydrogens is 256 g/mol. The molecule has 0 amide bonds. The molecule has 0 aliphatic heterocycles. The third kappa shape index (κ3) is 2.07. The van der Waals surface area contributed by atoms with Crippen LogP contribution in [0.15, 0.2) is 61.2 Å². The monoisotopic (exact) mass is 274 g/mol. The largest absolute Gasteiger partial charge is 0.326 e. The predicted molar refractivity (Wildman–Crippen MR) is 84.5 cm³/mol. The molecule has 2 heteroatoms. The van der Waals surface area contributed by atoms with Crippen molar-refractivity contribution >= 4 is 0 Å². The van der Waals surface area contributed by atoms with Gasteiger partial charge in [-0.1, -0.05) is 48.0 Å². The fraction of sp³-hybridized carbons (Fsp3) is 0.211. The third-order valence-corrected chi connectivity index (χ3v) is 4.43. The highest BCUT2D eigenvalue weighted by Crippen LogP contribution is 2.35. The molecule has 3 aromatic rings. The van der Waals surface area contributed by atoms with Crippen molar-refractivity contribution in [2.75, 3.05) is 0 Å². The summed E-state index contributed by atoms with van der Waals surface area (Å²) in [6.07, 6.45) is 8.08. The summed E-state index contributed by atoms with van der Waals surface area (Å²) in [5, 5.41) is 0. The van der Waals surface area contributed by atoms with Gasteiger partial charge in [0, 0.05) is 12.4 Å². The van der Waals surface area contributed by atoms with Crippen molar-refractivity contribution in [3.63, 3.8) is 0 Å². The van der Waals surface area contributed by atoms with Gasteiger partial charge >= 0.3 is 0 Å². The van der Waals surface area contributed by atoms with Crippen LogP contribution in [0.1, 0.15) is 33.9 Å². The van der Waals surface area contributed by atoms with E-state index < -0.39 is 0 Å². The van der Waals surface area contributed by atoms with E-state index >= 15 is 0 Å². The second-order valence-corrected chi connectivity index (χ2v) is 5.81. The number of imidazole rings is 1. The molecule has 0 radical (unpaired) electrons. The molecule has 1 unspecified atom stereocenters. The summed E-state index contributed by atoms with van der Waals surface area (Å²) in [5.74, 6) is 0. The van der Waals surface area contributed by atoms with Gasteiger partial charge in [0.15, 0.2) is 0 Å². The van der Waals surface area contributed by atoms with Gasteiger partial charge < -0.3 is 4.57 Å². The number of benzene rings is 2. The summed E-state index contributed by atoms with van der Waals surface area (Å²) in [6, 6.07) is 15.9. The van der Waals surface area contributed by atoms with Crippen molar-refractivity contribution < 1.29 is 0 Å². The van der Waals surface area contributed by atoms with Crippen molar-refractivity contribution in [2.24, 2.45) is 0 Å². The molecule has 1 atom stereocenters. The molecule has 21 heavy (non-hydrogen) atoms. The zero-order chi connectivity index (χ0) is 14.2. The zero-order valence-corrected chi connectivity index (χ0v) is 12.2. The van der Waals surface area contributed by atoms with Crippen LogP contribution in [-0.2, 0) is 12.8 Å². The Morgan fingerprint density at radius 3 is 2.62 bits per heavy atom. The minimum Gasteiger partial charge on any atom is -0.326 e. The number of aryl methyl sites for hydroxylation is 3. The molecule has 4 rings (SSSR count). The number of nitrogens with zero attached hydrogens (tertiary/aromatic N) is 2. The summed E-state index contributed by atoms with van der Waals surface area (Å²) in [5.41, 5.74) is 7.04. The van der Waals surface area contributed by atoms with E-state index in [0.29, 0.717) is 0 Å². The van der Waals surface area contributed by atoms with Gasteiger partial charge in [-0.3, -0.25) is 0 Å². The molecule has 2 nitrogen and oxygen atoms in total. The third-order valence-electron chi connectivity index (χ3n) is 4.43. The molecule has 1 aromatic heterocycles. The molecule has 0 spiro atoms. The number of hydrogen-bond donors (Lipinski definition) is 0. The van der Waals surface area contributed by atoms with Gasteiger partial charge in [-0.15, -0.1) is 0 Å². The lowest BCUT2D eigenvalue weighted by molar-refractivity contribution is 0.673. The smallest absolute Gasteiger partial charge is 0.0954 e. The first-order valence-corrected chi connectivity index (χ1v) is 7.47. The number of rotatable bonds is 1. The van der Waals surface area contributed by atoms with E-state index in [0.717, 1.165) is 12.8 Å². The Hall–Kier alpha value is -2.35. The van der Waals surface area contributed by atoms with Crippen LogP contribution in [0.25, 0.3) is 0 Å². The average molecular weight is 274 g/mol. The van der Waals surface area contributed by atoms with Crippen LogP contribution in [0.4, 0.5) is 0 Å². The molecule has 0 fully saturated rings. The van der Waals surface area contributed by atoms with E-state index in [4.69, 9.17) is 0 Å². The Kier molecular flexibility index (Phi) is 2.88. The molecule has 2 aromatic carbocycles. The van der Waals surface area contributed by atoms with Crippen molar-refractivity contribution in [3.8, 4) is 0 Å². The summed E-state index contributed by atoms with van der Waals surface area (Å²) in [6.45, 7) is 2.17. The molecule has 1 heterocycles. The molecule has 104 valence electrons. The van der Waals surface area contributed by atoms with Gasteiger partial charge in [0.1, 0.15) is 0 Å². The van der Waals surface area contributed by atoms with Gasteiger partial charge in [-0.25, -0.2) is 4.98 Å². The van der Waals surface area contributed by atoms with Gasteiger partial charge in [0.05, 0.1) is 12.4 Å². The molecule has 1 aliphatic rings. The first-order chi connectivity index (χ1) is 10.3. The highest BCUT2D eigenvalue weighted by molar-refractivity contribution is 5.46. The number of fused-ring (bicyclic) bond motifs is 2. The van der Waals surface area contributed by atoms with Crippen LogP contribution in [0.5, 0.6) is 0 Å². The Morgan fingerprint density at radius 1 is 1.00 bits per heavy atom. The lowest BCUT2D eigenvalue weighted by atomic mass is 9.93. The van der Waals surface area contributed by atoms with E-state index in [1.807, 2.05) is 12.5 Å². The molecule has 0 saturated heterocycles. The van der Waals surface area contributed by atoms with Gasteiger partial charge in [-0.05, 0) is 42.0 Å². The zero-order valence-electron chi connectivity index (χ0n) is 12.2. The highest BCUT2D eigenvalue weighted by atomic mass is 15.1. The lowest BCUT2D eigenvalue weighted by Crippen LogP contribution is -2.12. The molecular formula is C19H18N2. The van der Waals surface area contributed by atoms with Crippen molar-refractivity contribution in [1.82, 2.24) is 9.55 Å². The van der Waals surface area contributed by atoms with Gasteiger partial charge in [0.2, 0.25) is 0 Å². The lowest BCUT2D eigenvalue weighted by Gasteiger charge is -2.22. The fourth-order valence-electron chi connectivity index (χ4n) is 3.41. The van der Waals surface area contributed by atoms with E-state index in [1.165, 1.54) is 27.8 Å². The molecule has 0 N–H and O–H groups in total. The first-order valence-electron chi connectivity index (χ1n) is 7.47. The minimum atomic E-state index is 0.237. The maximum Gasteiger partial charge on any atom is 0.0954 e. The first kappa shape index (κ1) is 12.4. The standard InChI is InChI=1S/C19H18N2/c1-14-6-7-16-9-8-15-4-2-3-5-17(15)19(18(16)12-14)21-11-10-20-13-21/h2-7,10-13,19H,8-9H2,1H3. The number of hydrogen-bond acceptors (Lipinski definition) is 1. The topological polar surface area (TPSA) is 17.8 Å². The van der Waals surface area contributed by atoms with Crippen molar-refractivity contribution in [2.45, 2.75) is 25.8 Å². The Balaban J connectivity index is 2.00. The summed E-state index contributed by atoms with van der Waals surface area (Å²) in [7, 11) is 0. The normalized spacial score (nSPS) is 16.9. The minimum absolute atomic E-state index is 0.237. The Bertz CT molecular complexity index is 772. The maximum absolute atomic E-state index is 4.26. The van der Waals surface area contributed by atoms with Crippen LogP contribution in [0.2, 0.25) is 0 Å². The number of aromatic nitrogens is 2. The molecule has 0 bridgehead atoms. The van der Waals surface area contributed by atoms with Crippen LogP contribution < -0.4 is 0 Å². The Morgan fingerprint density at radius 2 is 1.81 bits per heavy atom. The van der Waals surface area contributed by atoms with Crippen LogP contribution in [-0.4, -0.2) is 9.55 Å². The predicted octanol–water partition coefficient (Wildman–Crippen LogP) is 3.93. The average Bonchev–Trinajstić information content (AvgIpc) is 2.97. The fourth-order valence-corrected chi connectivity index (χ4v) is 3.41. The van der Waals surface area contributed by atoms with E-state index in [-0.39, 0.29) is 6.04 Å². The van der Waals surface area contributed by atoms with Gasteiger partial charge in [-0.2, -0.15) is 0 Å². The summed E-state index contributed by atoms with van der Waals surface area (Å²) in [4.78, 5) is 4.26. The van der Waals surface area contributed by atoms with Gasteiger partial charge in [0.25, 0.3) is 0 Å². The van der Waals surface area contributed by atoms with Crippen LogP contribution in [0.3, 0.4) is 0 Å².